The molecule has 1 aliphatic carbocycles. The molecule has 0 fully saturated rings. The number of ketones is 1. The van der Waals surface area contributed by atoms with Crippen LogP contribution in [0.3, 0.4) is 0 Å². The lowest BCUT2D eigenvalue weighted by Crippen LogP contribution is -2.36. The molecule has 1 aromatic heterocycles. The molecule has 2 unspecified atom stereocenters. The average Bonchev–Trinajstić information content (AvgIpc) is 3.21. The third kappa shape index (κ3) is 3.79. The zero-order valence-electron chi connectivity index (χ0n) is 16.9. The standard InChI is InChI=1S/C24H25NO3S/c1-14(2)28-24(27)21-15(3)25-18-12-17(16-8-5-4-6-9-16)13-19(26)22(18)23(21)20-10-7-11-29-20/h4-11,14,17,23,25H,12-13H2,1-3H3. The lowest BCUT2D eigenvalue weighted by Gasteiger charge is -2.36. The van der Waals surface area contributed by atoms with E-state index >= 15 is 0 Å². The van der Waals surface area contributed by atoms with E-state index in [-0.39, 0.29) is 29.7 Å². The van der Waals surface area contributed by atoms with E-state index in [1.165, 1.54) is 5.56 Å². The van der Waals surface area contributed by atoms with E-state index in [4.69, 9.17) is 4.74 Å². The first-order valence-electron chi connectivity index (χ1n) is 9.99. The van der Waals surface area contributed by atoms with Crippen LogP contribution in [0.1, 0.15) is 55.9 Å². The topological polar surface area (TPSA) is 55.4 Å². The number of ether oxygens (including phenoxy) is 1. The van der Waals surface area contributed by atoms with Crippen molar-refractivity contribution in [2.45, 2.75) is 51.6 Å². The van der Waals surface area contributed by atoms with Crippen LogP contribution in [0.15, 0.2) is 70.4 Å². The third-order valence-corrected chi connectivity index (χ3v) is 6.43. The number of Topliss-reactive ketones (excluding diaryl/α,β-unsaturated/α-hetero) is 1. The highest BCUT2D eigenvalue weighted by molar-refractivity contribution is 7.10. The van der Waals surface area contributed by atoms with Gasteiger partial charge in [-0.15, -0.1) is 11.3 Å². The molecule has 1 N–H and O–H groups in total. The molecule has 0 radical (unpaired) electrons. The predicted octanol–water partition coefficient (Wildman–Crippen LogP) is 5.06. The number of allylic oxidation sites excluding steroid dienone is 3. The maximum atomic E-state index is 13.3. The number of thiophene rings is 1. The summed E-state index contributed by atoms with van der Waals surface area (Å²) in [7, 11) is 0. The molecule has 0 saturated heterocycles. The van der Waals surface area contributed by atoms with Crippen LogP contribution in [-0.2, 0) is 14.3 Å². The van der Waals surface area contributed by atoms with Gasteiger partial charge in [0.25, 0.3) is 0 Å². The Balaban J connectivity index is 1.76. The van der Waals surface area contributed by atoms with Crippen molar-refractivity contribution in [1.82, 2.24) is 5.32 Å². The fourth-order valence-corrected chi connectivity index (χ4v) is 5.13. The van der Waals surface area contributed by atoms with Crippen LogP contribution in [0.25, 0.3) is 0 Å². The monoisotopic (exact) mass is 407 g/mol. The average molecular weight is 408 g/mol. The number of hydrogen-bond donors (Lipinski definition) is 1. The fourth-order valence-electron chi connectivity index (χ4n) is 4.29. The molecule has 1 aromatic carbocycles. The Morgan fingerprint density at radius 1 is 1.14 bits per heavy atom. The van der Waals surface area contributed by atoms with Gasteiger partial charge in [-0.05, 0) is 50.1 Å². The Hall–Kier alpha value is -2.66. The first kappa shape index (κ1) is 19.6. The van der Waals surface area contributed by atoms with Crippen molar-refractivity contribution in [2.75, 3.05) is 0 Å². The van der Waals surface area contributed by atoms with Gasteiger partial charge >= 0.3 is 5.97 Å². The van der Waals surface area contributed by atoms with Crippen LogP contribution in [0.2, 0.25) is 0 Å². The molecule has 4 rings (SSSR count). The molecule has 1 aliphatic heterocycles. The highest BCUT2D eigenvalue weighted by atomic mass is 32.1. The second-order valence-corrected chi connectivity index (χ2v) is 8.88. The number of hydrogen-bond acceptors (Lipinski definition) is 5. The van der Waals surface area contributed by atoms with E-state index < -0.39 is 0 Å². The zero-order chi connectivity index (χ0) is 20.5. The zero-order valence-corrected chi connectivity index (χ0v) is 17.7. The van der Waals surface area contributed by atoms with Gasteiger partial charge in [0.15, 0.2) is 5.78 Å². The SMILES string of the molecule is CC1=C(C(=O)OC(C)C)C(c2cccs2)C2=C(CC(c3ccccc3)CC2=O)N1. The maximum Gasteiger partial charge on any atom is 0.337 e. The molecule has 0 amide bonds. The molecule has 0 saturated carbocycles. The molecule has 5 heteroatoms. The van der Waals surface area contributed by atoms with Crippen LogP contribution in [0, 0.1) is 0 Å². The number of rotatable bonds is 4. The van der Waals surface area contributed by atoms with Gasteiger partial charge in [0.05, 0.1) is 17.6 Å². The Kier molecular flexibility index (Phi) is 5.41. The van der Waals surface area contributed by atoms with Gasteiger partial charge in [-0.3, -0.25) is 4.79 Å². The number of carbonyl (C=O) groups excluding carboxylic acids is 2. The van der Waals surface area contributed by atoms with E-state index in [1.54, 1.807) is 11.3 Å². The number of nitrogens with one attached hydrogen (secondary N) is 1. The van der Waals surface area contributed by atoms with Crippen LogP contribution in [-0.4, -0.2) is 17.9 Å². The summed E-state index contributed by atoms with van der Waals surface area (Å²) in [4.78, 5) is 27.3. The van der Waals surface area contributed by atoms with Crippen molar-refractivity contribution in [1.29, 1.82) is 0 Å². The van der Waals surface area contributed by atoms with E-state index in [1.807, 2.05) is 56.5 Å². The molecule has 4 nitrogen and oxygen atoms in total. The first-order valence-corrected chi connectivity index (χ1v) is 10.9. The van der Waals surface area contributed by atoms with Crippen LogP contribution < -0.4 is 5.32 Å². The van der Waals surface area contributed by atoms with E-state index in [9.17, 15) is 9.59 Å². The van der Waals surface area contributed by atoms with E-state index in [0.29, 0.717) is 12.0 Å². The van der Waals surface area contributed by atoms with Gasteiger partial charge in [-0.1, -0.05) is 36.4 Å². The predicted molar refractivity (Wildman–Crippen MR) is 115 cm³/mol. The summed E-state index contributed by atoms with van der Waals surface area (Å²) >= 11 is 1.57. The van der Waals surface area contributed by atoms with Crippen molar-refractivity contribution in [3.05, 3.63) is 80.8 Å². The van der Waals surface area contributed by atoms with Gasteiger partial charge < -0.3 is 10.1 Å². The largest absolute Gasteiger partial charge is 0.460 e. The van der Waals surface area contributed by atoms with Gasteiger partial charge in [-0.2, -0.15) is 0 Å². The molecule has 2 aliphatic rings. The summed E-state index contributed by atoms with van der Waals surface area (Å²) in [6, 6.07) is 14.1. The van der Waals surface area contributed by atoms with Crippen molar-refractivity contribution in [2.24, 2.45) is 0 Å². The summed E-state index contributed by atoms with van der Waals surface area (Å²) < 4.78 is 5.53. The van der Waals surface area contributed by atoms with Crippen molar-refractivity contribution in [3.63, 3.8) is 0 Å². The van der Waals surface area contributed by atoms with Crippen molar-refractivity contribution >= 4 is 23.1 Å². The van der Waals surface area contributed by atoms with Gasteiger partial charge in [0, 0.05) is 28.3 Å². The summed E-state index contributed by atoms with van der Waals surface area (Å²) in [6.07, 6.45) is 1.00. The van der Waals surface area contributed by atoms with E-state index in [2.05, 4.69) is 17.4 Å². The molecule has 2 heterocycles. The summed E-state index contributed by atoms with van der Waals surface area (Å²) in [6.45, 7) is 5.58. The van der Waals surface area contributed by atoms with Gasteiger partial charge in [0.2, 0.25) is 0 Å². The van der Waals surface area contributed by atoms with Crippen LogP contribution in [0.5, 0.6) is 0 Å². The number of benzene rings is 1. The summed E-state index contributed by atoms with van der Waals surface area (Å²) in [5.74, 6) is -0.459. The lowest BCUT2D eigenvalue weighted by molar-refractivity contribution is -0.143. The first-order chi connectivity index (χ1) is 14.0. The Labute approximate surface area is 175 Å². The third-order valence-electron chi connectivity index (χ3n) is 5.49. The normalized spacial score (nSPS) is 21.9. The van der Waals surface area contributed by atoms with Crippen LogP contribution in [0.4, 0.5) is 0 Å². The van der Waals surface area contributed by atoms with Gasteiger partial charge in [0.1, 0.15) is 0 Å². The highest BCUT2D eigenvalue weighted by Gasteiger charge is 2.41. The molecule has 29 heavy (non-hydrogen) atoms. The Morgan fingerprint density at radius 2 is 1.90 bits per heavy atom. The molecule has 0 bridgehead atoms. The minimum Gasteiger partial charge on any atom is -0.460 e. The summed E-state index contributed by atoms with van der Waals surface area (Å²) in [5, 5.41) is 5.37. The van der Waals surface area contributed by atoms with Crippen LogP contribution >= 0.6 is 11.3 Å². The summed E-state index contributed by atoms with van der Waals surface area (Å²) in [5.41, 5.74) is 4.15. The van der Waals surface area contributed by atoms with Gasteiger partial charge in [-0.25, -0.2) is 4.79 Å². The molecule has 0 spiro atoms. The second-order valence-electron chi connectivity index (χ2n) is 7.90. The van der Waals surface area contributed by atoms with Crippen molar-refractivity contribution < 1.29 is 14.3 Å². The second kappa shape index (κ2) is 7.99. The fraction of sp³-hybridized carbons (Fsp3) is 0.333. The minimum atomic E-state index is -0.360. The number of esters is 1. The quantitative estimate of drug-likeness (QED) is 0.720. The Bertz CT molecular complexity index is 986. The van der Waals surface area contributed by atoms with E-state index in [0.717, 1.165) is 28.3 Å². The molecule has 2 aromatic rings. The number of carbonyl (C=O) groups is 2. The maximum absolute atomic E-state index is 13.3. The van der Waals surface area contributed by atoms with Crippen molar-refractivity contribution in [3.8, 4) is 0 Å². The minimum absolute atomic E-state index is 0.105. The molecule has 150 valence electrons. The smallest absolute Gasteiger partial charge is 0.337 e. The highest BCUT2D eigenvalue weighted by Crippen LogP contribution is 2.46. The molecule has 2 atom stereocenters. The molecular weight excluding hydrogens is 382 g/mol. The Morgan fingerprint density at radius 3 is 2.55 bits per heavy atom. The number of dihydropyridines is 1. The molecular formula is C24H25NO3S. The lowest BCUT2D eigenvalue weighted by atomic mass is 9.73.